The molecule has 0 saturated carbocycles. The van der Waals surface area contributed by atoms with Crippen LogP contribution in [-0.2, 0) is 13.0 Å². The van der Waals surface area contributed by atoms with Crippen LogP contribution in [0.5, 0.6) is 0 Å². The zero-order valence-corrected chi connectivity index (χ0v) is 12.2. The molecular formula is C16H19N3O2. The minimum Gasteiger partial charge on any atom is -0.390 e. The molecule has 2 N–H and O–H groups in total. The molecule has 1 aromatic carbocycles. The van der Waals surface area contributed by atoms with Gasteiger partial charge >= 0.3 is 0 Å². The largest absolute Gasteiger partial charge is 0.390 e. The second-order valence-corrected chi connectivity index (χ2v) is 5.41. The van der Waals surface area contributed by atoms with Crippen molar-refractivity contribution in [2.45, 2.75) is 39.0 Å². The lowest BCUT2D eigenvalue weighted by molar-refractivity contribution is 0.0848. The fraction of sp³-hybridized carbons (Fsp3) is 0.375. The first kappa shape index (κ1) is 13.8. The summed E-state index contributed by atoms with van der Waals surface area (Å²) in [6.45, 7) is 4.45. The van der Waals surface area contributed by atoms with Gasteiger partial charge in [-0.15, -0.1) is 0 Å². The normalized spacial score (nSPS) is 20.3. The topological polar surface area (TPSA) is 67.2 Å². The van der Waals surface area contributed by atoms with Crippen molar-refractivity contribution in [2.75, 3.05) is 0 Å². The summed E-state index contributed by atoms with van der Waals surface area (Å²) in [5.74, 6) is -0.196. The quantitative estimate of drug-likeness (QED) is 0.900. The maximum absolute atomic E-state index is 12.5. The molecule has 0 aliphatic heterocycles. The molecule has 5 nitrogen and oxygen atoms in total. The van der Waals surface area contributed by atoms with Gasteiger partial charge in [0.15, 0.2) is 0 Å². The van der Waals surface area contributed by atoms with Gasteiger partial charge in [0.2, 0.25) is 0 Å². The Kier molecular flexibility index (Phi) is 3.51. The zero-order chi connectivity index (χ0) is 15.0. The summed E-state index contributed by atoms with van der Waals surface area (Å²) < 4.78 is 1.68. The first-order chi connectivity index (χ1) is 10.1. The predicted octanol–water partition coefficient (Wildman–Crippen LogP) is 1.60. The first-order valence-electron chi connectivity index (χ1n) is 7.21. The van der Waals surface area contributed by atoms with E-state index >= 15 is 0 Å². The van der Waals surface area contributed by atoms with Gasteiger partial charge in [-0.2, -0.15) is 5.10 Å². The van der Waals surface area contributed by atoms with E-state index in [-0.39, 0.29) is 11.9 Å². The highest BCUT2D eigenvalue weighted by Crippen LogP contribution is 2.31. The van der Waals surface area contributed by atoms with Crippen LogP contribution in [0.3, 0.4) is 0 Å². The number of rotatable bonds is 3. The van der Waals surface area contributed by atoms with Gasteiger partial charge in [-0.25, -0.2) is 0 Å². The van der Waals surface area contributed by atoms with Crippen LogP contribution in [0.15, 0.2) is 30.3 Å². The predicted molar refractivity (Wildman–Crippen MR) is 79.0 cm³/mol. The molecule has 5 heteroatoms. The number of nitrogens with one attached hydrogen (secondary N) is 1. The van der Waals surface area contributed by atoms with E-state index in [4.69, 9.17) is 0 Å². The number of hydrogen-bond donors (Lipinski definition) is 2. The van der Waals surface area contributed by atoms with E-state index in [9.17, 15) is 9.90 Å². The Hall–Kier alpha value is -2.14. The number of carbonyl (C=O) groups is 1. The van der Waals surface area contributed by atoms with E-state index in [2.05, 4.69) is 10.4 Å². The van der Waals surface area contributed by atoms with Crippen LogP contribution in [0, 0.1) is 6.92 Å². The van der Waals surface area contributed by atoms with Gasteiger partial charge in [0.25, 0.3) is 5.91 Å². The van der Waals surface area contributed by atoms with Crippen molar-refractivity contribution in [2.24, 2.45) is 0 Å². The highest BCUT2D eigenvalue weighted by Gasteiger charge is 2.32. The minimum absolute atomic E-state index is 0.196. The van der Waals surface area contributed by atoms with Crippen molar-refractivity contribution in [3.63, 3.8) is 0 Å². The number of fused-ring (bicyclic) bond motifs is 1. The number of carbonyl (C=O) groups excluding carboxylic acids is 1. The van der Waals surface area contributed by atoms with Crippen molar-refractivity contribution in [3.8, 4) is 0 Å². The molecule has 2 atom stereocenters. The molecule has 0 spiro atoms. The molecule has 0 fully saturated rings. The summed E-state index contributed by atoms with van der Waals surface area (Å²) in [6.07, 6.45) is -0.00172. The summed E-state index contributed by atoms with van der Waals surface area (Å²) in [7, 11) is 0. The van der Waals surface area contributed by atoms with Crippen molar-refractivity contribution >= 4 is 5.91 Å². The van der Waals surface area contributed by atoms with Crippen molar-refractivity contribution in [1.29, 1.82) is 0 Å². The molecule has 1 heterocycles. The molecule has 110 valence electrons. The molecule has 21 heavy (non-hydrogen) atoms. The lowest BCUT2D eigenvalue weighted by atomic mass is 10.1. The number of hydrogen-bond acceptors (Lipinski definition) is 3. The Morgan fingerprint density at radius 1 is 1.48 bits per heavy atom. The zero-order valence-electron chi connectivity index (χ0n) is 12.2. The van der Waals surface area contributed by atoms with E-state index in [0.717, 1.165) is 16.8 Å². The maximum Gasteiger partial charge on any atom is 0.270 e. The average molecular weight is 285 g/mol. The molecular weight excluding hydrogens is 266 g/mol. The van der Waals surface area contributed by atoms with Gasteiger partial charge < -0.3 is 10.4 Å². The van der Waals surface area contributed by atoms with Crippen molar-refractivity contribution < 1.29 is 9.90 Å². The lowest BCUT2D eigenvalue weighted by Gasteiger charge is -2.18. The van der Waals surface area contributed by atoms with E-state index in [0.29, 0.717) is 18.7 Å². The molecule has 1 amide bonds. The van der Waals surface area contributed by atoms with Gasteiger partial charge in [-0.05, 0) is 31.0 Å². The second kappa shape index (κ2) is 5.33. The summed E-state index contributed by atoms with van der Waals surface area (Å²) >= 11 is 0. The number of aromatic nitrogens is 2. The van der Waals surface area contributed by atoms with Crippen LogP contribution in [0.4, 0.5) is 0 Å². The van der Waals surface area contributed by atoms with Gasteiger partial charge in [0, 0.05) is 13.0 Å². The summed E-state index contributed by atoms with van der Waals surface area (Å²) in [6, 6.07) is 9.24. The fourth-order valence-corrected chi connectivity index (χ4v) is 2.93. The summed E-state index contributed by atoms with van der Waals surface area (Å²) in [5, 5.41) is 17.4. The monoisotopic (exact) mass is 285 g/mol. The molecule has 3 rings (SSSR count). The van der Waals surface area contributed by atoms with Crippen LogP contribution in [-0.4, -0.2) is 26.9 Å². The molecule has 0 bridgehead atoms. The minimum atomic E-state index is -0.578. The van der Waals surface area contributed by atoms with E-state index in [1.165, 1.54) is 0 Å². The van der Waals surface area contributed by atoms with Gasteiger partial charge in [-0.3, -0.25) is 9.48 Å². The van der Waals surface area contributed by atoms with Crippen LogP contribution >= 0.6 is 0 Å². The lowest BCUT2D eigenvalue weighted by Crippen LogP contribution is -2.35. The number of aliphatic hydroxyl groups is 1. The van der Waals surface area contributed by atoms with Crippen LogP contribution in [0.25, 0.3) is 0 Å². The molecule has 1 aromatic heterocycles. The molecule has 0 saturated heterocycles. The summed E-state index contributed by atoms with van der Waals surface area (Å²) in [4.78, 5) is 12.5. The van der Waals surface area contributed by atoms with Crippen LogP contribution < -0.4 is 5.32 Å². The Bertz CT molecular complexity index is 678. The van der Waals surface area contributed by atoms with E-state index < -0.39 is 6.10 Å². The molecule has 1 aliphatic rings. The standard InChI is InChI=1S/C16H19N3O2/c1-3-19-13(8-10(2)18-19)16(21)17-15-12-7-5-4-6-11(12)9-14(15)20/h4-8,14-15,20H,3,9H2,1-2H3,(H,17,21)/t14-,15+/m0/s1. The van der Waals surface area contributed by atoms with Gasteiger partial charge in [-0.1, -0.05) is 24.3 Å². The van der Waals surface area contributed by atoms with E-state index in [1.54, 1.807) is 10.7 Å². The Morgan fingerprint density at radius 2 is 2.24 bits per heavy atom. The number of amides is 1. The SMILES string of the molecule is CCn1nc(C)cc1C(=O)N[C@@H]1c2ccccc2C[C@@H]1O. The van der Waals surface area contributed by atoms with E-state index in [1.807, 2.05) is 38.1 Å². The Labute approximate surface area is 123 Å². The van der Waals surface area contributed by atoms with Crippen molar-refractivity contribution in [1.82, 2.24) is 15.1 Å². The molecule has 0 unspecified atom stereocenters. The third-order valence-corrected chi connectivity index (χ3v) is 3.92. The maximum atomic E-state index is 12.5. The average Bonchev–Trinajstić information content (AvgIpc) is 3.00. The highest BCUT2D eigenvalue weighted by atomic mass is 16.3. The Morgan fingerprint density at radius 3 is 3.00 bits per heavy atom. The van der Waals surface area contributed by atoms with Crippen molar-refractivity contribution in [3.05, 3.63) is 52.8 Å². The molecule has 2 aromatic rings. The van der Waals surface area contributed by atoms with Crippen LogP contribution in [0.2, 0.25) is 0 Å². The summed E-state index contributed by atoms with van der Waals surface area (Å²) in [5.41, 5.74) is 3.44. The fourth-order valence-electron chi connectivity index (χ4n) is 2.93. The molecule has 0 radical (unpaired) electrons. The first-order valence-corrected chi connectivity index (χ1v) is 7.21. The highest BCUT2D eigenvalue weighted by molar-refractivity contribution is 5.93. The Balaban J connectivity index is 1.85. The number of aliphatic hydroxyl groups excluding tert-OH is 1. The third kappa shape index (κ3) is 2.45. The van der Waals surface area contributed by atoms with Gasteiger partial charge in [0.05, 0.1) is 17.8 Å². The number of nitrogens with zero attached hydrogens (tertiary/aromatic N) is 2. The smallest absolute Gasteiger partial charge is 0.270 e. The second-order valence-electron chi connectivity index (χ2n) is 5.41. The third-order valence-electron chi connectivity index (χ3n) is 3.92. The molecule has 1 aliphatic carbocycles. The number of benzene rings is 1. The number of aryl methyl sites for hydroxylation is 2. The van der Waals surface area contributed by atoms with Crippen LogP contribution in [0.1, 0.15) is 40.3 Å². The van der Waals surface area contributed by atoms with Gasteiger partial charge in [0.1, 0.15) is 5.69 Å².